The van der Waals surface area contributed by atoms with Crippen LogP contribution in [0.15, 0.2) is 48.5 Å². The molecule has 1 fully saturated rings. The summed E-state index contributed by atoms with van der Waals surface area (Å²) in [5.41, 5.74) is 5.13. The molecule has 174 valence electrons. The molecular weight excluding hydrogens is 434 g/mol. The predicted octanol–water partition coefficient (Wildman–Crippen LogP) is 2.70. The number of methoxy groups -OCH3 is 1. The molecule has 2 aromatic carbocycles. The topological polar surface area (TPSA) is 111 Å². The van der Waals surface area contributed by atoms with Crippen LogP contribution in [-0.4, -0.2) is 47.7 Å². The summed E-state index contributed by atoms with van der Waals surface area (Å²) < 4.78 is 41.1. The van der Waals surface area contributed by atoms with Crippen molar-refractivity contribution in [2.24, 2.45) is 5.73 Å². The van der Waals surface area contributed by atoms with Crippen molar-refractivity contribution in [2.75, 3.05) is 30.0 Å². The van der Waals surface area contributed by atoms with Gasteiger partial charge in [0.1, 0.15) is 11.4 Å². The second-order valence-electron chi connectivity index (χ2n) is 7.94. The third kappa shape index (κ3) is 3.68. The smallest absolute Gasteiger partial charge is 0.277 e. The van der Waals surface area contributed by atoms with Crippen LogP contribution in [0.3, 0.4) is 0 Å². The van der Waals surface area contributed by atoms with Crippen molar-refractivity contribution in [3.8, 4) is 11.4 Å². The summed E-state index contributed by atoms with van der Waals surface area (Å²) in [7, 11) is 1.49. The maximum absolute atomic E-state index is 13.9. The number of hydrogen-bond acceptors (Lipinski definition) is 5. The zero-order chi connectivity index (χ0) is 27.4. The zero-order valence-electron chi connectivity index (χ0n) is 22.4. The normalized spacial score (nSPS) is 20.6. The Labute approximate surface area is 202 Å². The van der Waals surface area contributed by atoms with Crippen LogP contribution in [0.4, 0.5) is 11.4 Å². The van der Waals surface area contributed by atoms with Gasteiger partial charge in [-0.05, 0) is 67.7 Å². The second kappa shape index (κ2) is 8.66. The monoisotopic (exact) mass is 463 g/mol. The number of ether oxygens (including phenoxy) is 1. The molecule has 3 aromatic rings. The molecule has 0 bridgehead atoms. The van der Waals surface area contributed by atoms with Gasteiger partial charge in [-0.15, -0.1) is 0 Å². The molecule has 0 radical (unpaired) electrons. The van der Waals surface area contributed by atoms with Crippen LogP contribution >= 0.6 is 0 Å². The van der Waals surface area contributed by atoms with E-state index in [1.807, 2.05) is 0 Å². The van der Waals surface area contributed by atoms with Gasteiger partial charge in [0.2, 0.25) is 5.91 Å². The summed E-state index contributed by atoms with van der Waals surface area (Å²) in [5.74, 6) is -1.49. The minimum absolute atomic E-state index is 0.0169. The van der Waals surface area contributed by atoms with Gasteiger partial charge >= 0.3 is 0 Å². The number of primary amides is 1. The van der Waals surface area contributed by atoms with Gasteiger partial charge in [-0.2, -0.15) is 5.10 Å². The van der Waals surface area contributed by atoms with Gasteiger partial charge in [0.25, 0.3) is 11.8 Å². The number of benzene rings is 2. The molecule has 3 heterocycles. The molecule has 0 saturated carbocycles. The van der Waals surface area contributed by atoms with E-state index in [-0.39, 0.29) is 17.3 Å². The molecule has 5 rings (SSSR count). The molecule has 9 nitrogen and oxygen atoms in total. The fourth-order valence-electron chi connectivity index (χ4n) is 4.13. The van der Waals surface area contributed by atoms with Crippen molar-refractivity contribution in [3.63, 3.8) is 0 Å². The number of carbonyl (C=O) groups is 3. The highest BCUT2D eigenvalue weighted by Gasteiger charge is 2.34. The highest BCUT2D eigenvalue weighted by molar-refractivity contribution is 6.09. The Hall–Kier alpha value is -4.14. The Morgan fingerprint density at radius 3 is 2.26 bits per heavy atom. The molecular formula is C25H25N5O4. The molecule has 2 aliphatic rings. The van der Waals surface area contributed by atoms with Gasteiger partial charge in [-0.25, -0.2) is 4.68 Å². The van der Waals surface area contributed by atoms with E-state index in [0.717, 1.165) is 17.5 Å². The quantitative estimate of drug-likeness (QED) is 0.625. The first-order valence-corrected chi connectivity index (χ1v) is 10.8. The summed E-state index contributed by atoms with van der Waals surface area (Å²) in [5, 5.41) is 4.14. The van der Waals surface area contributed by atoms with Crippen LogP contribution in [0.2, 0.25) is 0 Å². The van der Waals surface area contributed by atoms with Gasteiger partial charge in [-0.3, -0.25) is 14.4 Å². The highest BCUT2D eigenvalue weighted by atomic mass is 16.5. The van der Waals surface area contributed by atoms with Gasteiger partial charge in [0.15, 0.2) is 5.69 Å². The van der Waals surface area contributed by atoms with Crippen molar-refractivity contribution in [3.05, 3.63) is 65.5 Å². The molecule has 0 atom stereocenters. The molecule has 0 spiro atoms. The summed E-state index contributed by atoms with van der Waals surface area (Å²) >= 11 is 0. The Balaban J connectivity index is 1.65. The van der Waals surface area contributed by atoms with Crippen LogP contribution in [0.25, 0.3) is 5.69 Å². The van der Waals surface area contributed by atoms with Crippen molar-refractivity contribution < 1.29 is 24.6 Å². The molecule has 3 amide bonds. The van der Waals surface area contributed by atoms with Crippen LogP contribution in [0.5, 0.6) is 5.75 Å². The van der Waals surface area contributed by atoms with E-state index >= 15 is 0 Å². The number of aromatic nitrogens is 2. The number of nitrogens with zero attached hydrogens (tertiary/aromatic N) is 4. The third-order valence-electron chi connectivity index (χ3n) is 5.88. The fraction of sp³-hybridized carbons (Fsp3) is 0.280. The lowest BCUT2D eigenvalue weighted by molar-refractivity contribution is -0.119. The number of nitrogens with two attached hydrogens (primary N) is 1. The number of fused-ring (bicyclic) bond motifs is 1. The van der Waals surface area contributed by atoms with Crippen molar-refractivity contribution in [2.45, 2.75) is 25.6 Å². The van der Waals surface area contributed by atoms with E-state index in [9.17, 15) is 14.4 Å². The zero-order valence-corrected chi connectivity index (χ0v) is 18.4. The Bertz CT molecular complexity index is 1440. The summed E-state index contributed by atoms with van der Waals surface area (Å²) in [6.45, 7) is -2.36. The molecule has 34 heavy (non-hydrogen) atoms. The molecule has 2 N–H and O–H groups in total. The van der Waals surface area contributed by atoms with Gasteiger partial charge < -0.3 is 20.3 Å². The number of rotatable bonds is 5. The SMILES string of the molecule is [2H]C1([2H])c2c(C(N)=O)nn(-c3ccc(OC)cc3)c2C(=O)N(c2ccc(N3CCCCC3=O)cc2)C1([2H])[2H]. The van der Waals surface area contributed by atoms with E-state index in [0.29, 0.717) is 35.0 Å². The van der Waals surface area contributed by atoms with E-state index in [2.05, 4.69) is 5.10 Å². The predicted molar refractivity (Wildman–Crippen MR) is 127 cm³/mol. The van der Waals surface area contributed by atoms with Crippen LogP contribution in [-0.2, 0) is 11.2 Å². The molecule has 2 aliphatic heterocycles. The van der Waals surface area contributed by atoms with Crippen LogP contribution in [0.1, 0.15) is 51.3 Å². The standard InChI is InChI=1S/C25H25N5O4/c1-34-19-11-9-18(10-12-19)30-23-20(22(27-30)24(26)32)13-15-29(25(23)33)17-7-5-16(6-8-17)28-14-3-2-4-21(28)31/h5-12H,2-4,13-15H2,1H3,(H2,26,32)/i13D2,15D2. The van der Waals surface area contributed by atoms with E-state index < -0.39 is 35.9 Å². The first-order chi connectivity index (χ1) is 18.0. The lowest BCUT2D eigenvalue weighted by atomic mass is 10.0. The molecule has 9 heteroatoms. The number of carbonyl (C=O) groups excluding carboxylic acids is 3. The van der Waals surface area contributed by atoms with Gasteiger partial charge in [0, 0.05) is 39.1 Å². The second-order valence-corrected chi connectivity index (χ2v) is 7.94. The lowest BCUT2D eigenvalue weighted by Gasteiger charge is -2.29. The molecule has 1 saturated heterocycles. The van der Waals surface area contributed by atoms with Gasteiger partial charge in [0.05, 0.1) is 15.5 Å². The molecule has 0 aliphatic carbocycles. The summed E-state index contributed by atoms with van der Waals surface area (Å²) in [6.07, 6.45) is -0.744. The first-order valence-electron chi connectivity index (χ1n) is 12.8. The summed E-state index contributed by atoms with van der Waals surface area (Å²) in [6, 6.07) is 12.5. The van der Waals surface area contributed by atoms with Crippen molar-refractivity contribution >= 4 is 29.1 Å². The largest absolute Gasteiger partial charge is 0.497 e. The minimum atomic E-state index is -2.92. The maximum atomic E-state index is 13.9. The van der Waals surface area contributed by atoms with Crippen LogP contribution in [0, 0.1) is 0 Å². The molecule has 0 unspecified atom stereocenters. The van der Waals surface area contributed by atoms with E-state index in [1.54, 1.807) is 41.3 Å². The average molecular weight is 464 g/mol. The number of anilines is 2. The minimum Gasteiger partial charge on any atom is -0.497 e. The Morgan fingerprint density at radius 1 is 1.00 bits per heavy atom. The summed E-state index contributed by atoms with van der Waals surface area (Å²) in [4.78, 5) is 40.9. The molecule has 1 aromatic heterocycles. The van der Waals surface area contributed by atoms with E-state index in [4.69, 9.17) is 16.0 Å². The number of amides is 3. The Kier molecular flexibility index (Phi) is 4.42. The van der Waals surface area contributed by atoms with Gasteiger partial charge in [-0.1, -0.05) is 0 Å². The highest BCUT2D eigenvalue weighted by Crippen LogP contribution is 2.31. The maximum Gasteiger partial charge on any atom is 0.277 e. The Morgan fingerprint density at radius 2 is 1.65 bits per heavy atom. The van der Waals surface area contributed by atoms with Crippen molar-refractivity contribution in [1.29, 1.82) is 0 Å². The third-order valence-corrected chi connectivity index (χ3v) is 5.88. The van der Waals surface area contributed by atoms with E-state index in [1.165, 1.54) is 19.2 Å². The average Bonchev–Trinajstić information content (AvgIpc) is 3.31. The van der Waals surface area contributed by atoms with Crippen LogP contribution < -0.4 is 20.3 Å². The number of hydrogen-bond donors (Lipinski definition) is 1. The lowest BCUT2D eigenvalue weighted by Crippen LogP contribution is -2.39. The fourth-order valence-corrected chi connectivity index (χ4v) is 4.13. The number of piperidine rings is 1. The van der Waals surface area contributed by atoms with Crippen molar-refractivity contribution in [1.82, 2.24) is 9.78 Å². The first kappa shape index (κ1) is 17.4.